The zero-order valence-corrected chi connectivity index (χ0v) is 19.4. The van der Waals surface area contributed by atoms with Crippen molar-refractivity contribution in [2.75, 3.05) is 36.4 Å². The molecule has 0 aliphatic carbocycles. The minimum absolute atomic E-state index is 0.202. The molecular weight excluding hydrogens is 426 g/mol. The summed E-state index contributed by atoms with van der Waals surface area (Å²) in [7, 11) is -3.72. The lowest BCUT2D eigenvalue weighted by atomic mass is 9.98. The molecule has 0 atom stereocenters. The molecule has 2 aromatic rings. The summed E-state index contributed by atoms with van der Waals surface area (Å²) in [5.41, 5.74) is 2.46. The molecule has 8 heteroatoms. The zero-order chi connectivity index (χ0) is 22.5. The van der Waals surface area contributed by atoms with Crippen molar-refractivity contribution in [3.63, 3.8) is 0 Å². The van der Waals surface area contributed by atoms with Crippen molar-refractivity contribution in [3.8, 4) is 11.5 Å². The number of hydrogen-bond donors (Lipinski definition) is 1. The predicted molar refractivity (Wildman–Crippen MR) is 124 cm³/mol. The fraction of sp³-hybridized carbons (Fsp3) is 0.458. The number of benzene rings is 2. The highest BCUT2D eigenvalue weighted by Crippen LogP contribution is 2.42. The van der Waals surface area contributed by atoms with Gasteiger partial charge in [0.1, 0.15) is 10.6 Å². The maximum atomic E-state index is 13.6. The summed E-state index contributed by atoms with van der Waals surface area (Å²) >= 11 is 0. The number of nitrogens with one attached hydrogen (secondary N) is 1. The Hall–Kier alpha value is -2.58. The Morgan fingerprint density at radius 3 is 2.44 bits per heavy atom. The molecule has 0 aromatic heterocycles. The fourth-order valence-electron chi connectivity index (χ4n) is 4.72. The number of aryl methyl sites for hydroxylation is 1. The molecule has 3 aliphatic heterocycles. The number of ether oxygens (including phenoxy) is 1. The number of carbonyl (C=O) groups is 1. The lowest BCUT2D eigenvalue weighted by Gasteiger charge is -2.34. The second-order valence-electron chi connectivity index (χ2n) is 9.15. The zero-order valence-electron chi connectivity index (χ0n) is 18.6. The Balaban J connectivity index is 1.65. The van der Waals surface area contributed by atoms with Gasteiger partial charge in [-0.1, -0.05) is 13.0 Å². The van der Waals surface area contributed by atoms with Crippen LogP contribution in [-0.2, 0) is 10.0 Å². The first kappa shape index (κ1) is 21.3. The van der Waals surface area contributed by atoms with Crippen LogP contribution in [0.5, 0.6) is 11.5 Å². The van der Waals surface area contributed by atoms with Crippen LogP contribution in [0.1, 0.15) is 48.5 Å². The third-order valence-electron chi connectivity index (χ3n) is 6.72. The molecular formula is C24H29N3O4S. The van der Waals surface area contributed by atoms with Gasteiger partial charge in [-0.3, -0.25) is 4.79 Å². The number of rotatable bonds is 3. The Morgan fingerprint density at radius 2 is 1.72 bits per heavy atom. The van der Waals surface area contributed by atoms with Crippen LogP contribution in [0.25, 0.3) is 0 Å². The van der Waals surface area contributed by atoms with Gasteiger partial charge in [0.2, 0.25) is 10.0 Å². The molecule has 3 aliphatic rings. The van der Waals surface area contributed by atoms with Gasteiger partial charge in [-0.15, -0.1) is 0 Å². The minimum Gasteiger partial charge on any atom is -0.454 e. The number of piperidine rings is 1. The van der Waals surface area contributed by atoms with Crippen LogP contribution in [0.2, 0.25) is 0 Å². The highest BCUT2D eigenvalue weighted by molar-refractivity contribution is 7.89. The van der Waals surface area contributed by atoms with Gasteiger partial charge in [-0.25, -0.2) is 8.42 Å². The molecule has 2 fully saturated rings. The van der Waals surface area contributed by atoms with E-state index in [0.29, 0.717) is 41.9 Å². The van der Waals surface area contributed by atoms with Crippen molar-refractivity contribution >= 4 is 27.3 Å². The van der Waals surface area contributed by atoms with Gasteiger partial charge in [-0.2, -0.15) is 4.31 Å². The van der Waals surface area contributed by atoms with Crippen LogP contribution in [0.15, 0.2) is 35.2 Å². The summed E-state index contributed by atoms with van der Waals surface area (Å²) in [6, 6.07) is 8.88. The summed E-state index contributed by atoms with van der Waals surface area (Å²) in [4.78, 5) is 15.4. The Bertz CT molecular complexity index is 1160. The van der Waals surface area contributed by atoms with Gasteiger partial charge in [0.25, 0.3) is 5.91 Å². The van der Waals surface area contributed by atoms with E-state index in [0.717, 1.165) is 44.3 Å². The molecule has 0 radical (unpaired) electrons. The quantitative estimate of drug-likeness (QED) is 0.743. The number of sulfonamides is 1. The molecule has 1 N–H and O–H groups in total. The third-order valence-corrected chi connectivity index (χ3v) is 8.64. The van der Waals surface area contributed by atoms with Gasteiger partial charge < -0.3 is 15.0 Å². The Kier molecular flexibility index (Phi) is 5.37. The van der Waals surface area contributed by atoms with E-state index in [1.165, 1.54) is 6.07 Å². The van der Waals surface area contributed by atoms with Crippen molar-refractivity contribution < 1.29 is 17.9 Å². The number of nitrogens with zero attached hydrogens (tertiary/aromatic N) is 2. The van der Waals surface area contributed by atoms with Crippen molar-refractivity contribution in [2.45, 2.75) is 44.4 Å². The van der Waals surface area contributed by atoms with Crippen molar-refractivity contribution in [1.29, 1.82) is 0 Å². The normalized spacial score (nSPS) is 19.7. The number of fused-ring (bicyclic) bond motifs is 2. The maximum Gasteiger partial charge on any atom is 0.259 e. The first-order valence-corrected chi connectivity index (χ1v) is 12.8. The van der Waals surface area contributed by atoms with Gasteiger partial charge >= 0.3 is 0 Å². The number of anilines is 2. The van der Waals surface area contributed by atoms with Gasteiger partial charge in [-0.05, 0) is 62.3 Å². The number of amides is 1. The average molecular weight is 456 g/mol. The molecule has 1 amide bonds. The summed E-state index contributed by atoms with van der Waals surface area (Å²) in [6.45, 7) is 6.77. The molecule has 32 heavy (non-hydrogen) atoms. The average Bonchev–Trinajstić information content (AvgIpc) is 3.27. The second kappa shape index (κ2) is 8.08. The monoisotopic (exact) mass is 455 g/mol. The third kappa shape index (κ3) is 3.75. The predicted octanol–water partition coefficient (Wildman–Crippen LogP) is 4.37. The SMILES string of the molecule is Cc1ccc2c(c1)NC(=O)c1cc(S(=O)(=O)N3CCCC3)c(N3CCC(C)CC3)cc1O2. The standard InChI is InChI=1S/C24H29N3O4S/c1-16-7-11-26(12-8-16)20-15-22-18(14-23(20)32(29,30)27-9-3-4-10-27)24(28)25-19-13-17(2)5-6-21(19)31-22/h5-6,13-16H,3-4,7-12H2,1-2H3,(H,25,28). The van der Waals surface area contributed by atoms with Crippen LogP contribution in [0.4, 0.5) is 11.4 Å². The lowest BCUT2D eigenvalue weighted by Crippen LogP contribution is -2.35. The summed E-state index contributed by atoms with van der Waals surface area (Å²) < 4.78 is 35.0. The molecule has 5 rings (SSSR count). The Morgan fingerprint density at radius 1 is 1.00 bits per heavy atom. The molecule has 3 heterocycles. The van der Waals surface area contributed by atoms with E-state index in [1.807, 2.05) is 25.1 Å². The van der Waals surface area contributed by atoms with Crippen LogP contribution < -0.4 is 15.0 Å². The van der Waals surface area contributed by atoms with Crippen LogP contribution >= 0.6 is 0 Å². The van der Waals surface area contributed by atoms with Gasteiger partial charge in [0.05, 0.1) is 16.9 Å². The Labute approximate surface area is 189 Å². The molecule has 0 saturated carbocycles. The fourth-order valence-corrected chi connectivity index (χ4v) is 6.46. The van der Waals surface area contributed by atoms with Gasteiger partial charge in [0.15, 0.2) is 5.75 Å². The molecule has 0 spiro atoms. The molecule has 2 aromatic carbocycles. The molecule has 7 nitrogen and oxygen atoms in total. The smallest absolute Gasteiger partial charge is 0.259 e. The van der Waals surface area contributed by atoms with Crippen molar-refractivity contribution in [3.05, 3.63) is 41.5 Å². The largest absolute Gasteiger partial charge is 0.454 e. The van der Waals surface area contributed by atoms with Crippen LogP contribution in [-0.4, -0.2) is 44.8 Å². The number of hydrogen-bond acceptors (Lipinski definition) is 5. The van der Waals surface area contributed by atoms with Crippen LogP contribution in [0.3, 0.4) is 0 Å². The maximum absolute atomic E-state index is 13.6. The summed E-state index contributed by atoms with van der Waals surface area (Å²) in [6.07, 6.45) is 3.73. The van der Waals surface area contributed by atoms with E-state index >= 15 is 0 Å². The molecule has 0 unspecified atom stereocenters. The minimum atomic E-state index is -3.72. The molecule has 2 saturated heterocycles. The van der Waals surface area contributed by atoms with E-state index in [-0.39, 0.29) is 16.4 Å². The highest BCUT2D eigenvalue weighted by Gasteiger charge is 2.34. The van der Waals surface area contributed by atoms with E-state index in [1.54, 1.807) is 10.4 Å². The van der Waals surface area contributed by atoms with Crippen LogP contribution in [0, 0.1) is 12.8 Å². The molecule has 170 valence electrons. The van der Waals surface area contributed by atoms with E-state index < -0.39 is 10.0 Å². The van der Waals surface area contributed by atoms with Gasteiger partial charge in [0, 0.05) is 32.2 Å². The first-order chi connectivity index (χ1) is 15.3. The molecule has 0 bridgehead atoms. The lowest BCUT2D eigenvalue weighted by molar-refractivity contribution is 0.102. The van der Waals surface area contributed by atoms with E-state index in [4.69, 9.17) is 4.74 Å². The topological polar surface area (TPSA) is 79.0 Å². The van der Waals surface area contributed by atoms with Crippen molar-refractivity contribution in [1.82, 2.24) is 4.31 Å². The number of carbonyl (C=O) groups excluding carboxylic acids is 1. The highest BCUT2D eigenvalue weighted by atomic mass is 32.2. The summed E-state index contributed by atoms with van der Waals surface area (Å²) in [5, 5.41) is 2.89. The van der Waals surface area contributed by atoms with Crippen molar-refractivity contribution in [2.24, 2.45) is 5.92 Å². The van der Waals surface area contributed by atoms with E-state index in [2.05, 4.69) is 17.1 Å². The first-order valence-electron chi connectivity index (χ1n) is 11.4. The summed E-state index contributed by atoms with van der Waals surface area (Å²) in [5.74, 6) is 1.19. The van der Waals surface area contributed by atoms with E-state index in [9.17, 15) is 13.2 Å². The second-order valence-corrected chi connectivity index (χ2v) is 11.1.